The highest BCUT2D eigenvalue weighted by Gasteiger charge is 2.07. The third-order valence-electron chi connectivity index (χ3n) is 2.72. The van der Waals surface area contributed by atoms with Crippen molar-refractivity contribution in [1.82, 2.24) is 9.78 Å². The molecule has 0 bridgehead atoms. The number of hydrogen-bond acceptors (Lipinski definition) is 2. The minimum atomic E-state index is -0.270. The fourth-order valence-electron chi connectivity index (χ4n) is 2.05. The number of anilines is 2. The van der Waals surface area contributed by atoms with Gasteiger partial charge in [-0.05, 0) is 44.0 Å². The molecule has 1 aromatic heterocycles. The highest BCUT2D eigenvalue weighted by Crippen LogP contribution is 2.14. The largest absolute Gasteiger partial charge is 0.324 e. The maximum Gasteiger partial charge on any atom is 0.324 e. The number of aromatic nitrogens is 2. The zero-order chi connectivity index (χ0) is 14.0. The number of amides is 2. The van der Waals surface area contributed by atoms with Crippen LogP contribution in [0.2, 0.25) is 0 Å². The minimum Gasteiger partial charge on any atom is -0.308 e. The normalized spacial score (nSPS) is 10.3. The van der Waals surface area contributed by atoms with Gasteiger partial charge >= 0.3 is 6.03 Å². The average Bonchev–Trinajstić information content (AvgIpc) is 2.55. The number of carbonyl (C=O) groups is 1. The highest BCUT2D eigenvalue weighted by molar-refractivity contribution is 5.99. The van der Waals surface area contributed by atoms with Crippen LogP contribution in [-0.2, 0) is 7.05 Å². The van der Waals surface area contributed by atoms with E-state index in [1.807, 2.05) is 39.0 Å². The van der Waals surface area contributed by atoms with E-state index in [0.29, 0.717) is 5.82 Å². The standard InChI is InChI=1S/C14H18N4O/c1-9-5-10(2)7-12(6-9)15-14(19)16-13-8-11(3)17-18(13)4/h5-8H,1-4H3,(H2,15,16,19). The molecule has 2 amide bonds. The lowest BCUT2D eigenvalue weighted by Crippen LogP contribution is -2.21. The van der Waals surface area contributed by atoms with E-state index >= 15 is 0 Å². The SMILES string of the molecule is Cc1cc(C)cc(NC(=O)Nc2cc(C)nn2C)c1. The lowest BCUT2D eigenvalue weighted by molar-refractivity contribution is 0.262. The molecule has 0 atom stereocenters. The van der Waals surface area contributed by atoms with E-state index in [1.165, 1.54) is 0 Å². The average molecular weight is 258 g/mol. The molecule has 0 aliphatic heterocycles. The van der Waals surface area contributed by atoms with Crippen LogP contribution in [0.15, 0.2) is 24.3 Å². The van der Waals surface area contributed by atoms with Crippen LogP contribution >= 0.6 is 0 Å². The second-order valence-electron chi connectivity index (χ2n) is 4.75. The zero-order valence-corrected chi connectivity index (χ0v) is 11.6. The molecule has 2 N–H and O–H groups in total. The zero-order valence-electron chi connectivity index (χ0n) is 11.6. The summed E-state index contributed by atoms with van der Waals surface area (Å²) in [6.07, 6.45) is 0. The molecule has 0 aliphatic carbocycles. The molecule has 19 heavy (non-hydrogen) atoms. The van der Waals surface area contributed by atoms with Crippen molar-refractivity contribution in [1.29, 1.82) is 0 Å². The number of benzene rings is 1. The summed E-state index contributed by atoms with van der Waals surface area (Å²) >= 11 is 0. The van der Waals surface area contributed by atoms with E-state index in [0.717, 1.165) is 22.5 Å². The second-order valence-corrected chi connectivity index (χ2v) is 4.75. The number of nitrogens with zero attached hydrogens (tertiary/aromatic N) is 2. The molecule has 1 aromatic carbocycles. The Labute approximate surface area is 112 Å². The van der Waals surface area contributed by atoms with Crippen LogP contribution in [0.5, 0.6) is 0 Å². The number of hydrogen-bond donors (Lipinski definition) is 2. The lowest BCUT2D eigenvalue weighted by atomic mass is 10.1. The predicted octanol–water partition coefficient (Wildman–Crippen LogP) is 2.99. The van der Waals surface area contributed by atoms with Gasteiger partial charge in [0, 0.05) is 18.8 Å². The fourth-order valence-corrected chi connectivity index (χ4v) is 2.05. The van der Waals surface area contributed by atoms with Crippen LogP contribution in [0.1, 0.15) is 16.8 Å². The van der Waals surface area contributed by atoms with Gasteiger partial charge < -0.3 is 5.32 Å². The van der Waals surface area contributed by atoms with E-state index in [-0.39, 0.29) is 6.03 Å². The Balaban J connectivity index is 2.07. The van der Waals surface area contributed by atoms with Gasteiger partial charge in [0.05, 0.1) is 5.69 Å². The van der Waals surface area contributed by atoms with Crippen molar-refractivity contribution in [3.05, 3.63) is 41.1 Å². The first-order valence-corrected chi connectivity index (χ1v) is 6.11. The van der Waals surface area contributed by atoms with Crippen LogP contribution in [-0.4, -0.2) is 15.8 Å². The Kier molecular flexibility index (Phi) is 3.55. The second kappa shape index (κ2) is 5.14. The van der Waals surface area contributed by atoms with Gasteiger partial charge in [0.2, 0.25) is 0 Å². The van der Waals surface area contributed by atoms with Crippen LogP contribution in [0, 0.1) is 20.8 Å². The molecule has 0 unspecified atom stereocenters. The summed E-state index contributed by atoms with van der Waals surface area (Å²) in [5.41, 5.74) is 3.89. The summed E-state index contributed by atoms with van der Waals surface area (Å²) < 4.78 is 1.64. The smallest absolute Gasteiger partial charge is 0.308 e. The molecule has 0 radical (unpaired) electrons. The van der Waals surface area contributed by atoms with Crippen LogP contribution in [0.3, 0.4) is 0 Å². The third-order valence-corrected chi connectivity index (χ3v) is 2.72. The molecule has 1 heterocycles. The molecule has 100 valence electrons. The Morgan fingerprint density at radius 3 is 2.21 bits per heavy atom. The van der Waals surface area contributed by atoms with Gasteiger partial charge in [0.15, 0.2) is 0 Å². The van der Waals surface area contributed by atoms with E-state index in [4.69, 9.17) is 0 Å². The molecular weight excluding hydrogens is 240 g/mol. The summed E-state index contributed by atoms with van der Waals surface area (Å²) in [5, 5.41) is 9.76. The van der Waals surface area contributed by atoms with E-state index < -0.39 is 0 Å². The van der Waals surface area contributed by atoms with Crippen molar-refractivity contribution < 1.29 is 4.79 Å². The van der Waals surface area contributed by atoms with E-state index in [9.17, 15) is 4.79 Å². The van der Waals surface area contributed by atoms with Crippen LogP contribution in [0.25, 0.3) is 0 Å². The predicted molar refractivity (Wildman–Crippen MR) is 76.5 cm³/mol. The molecular formula is C14H18N4O. The van der Waals surface area contributed by atoms with Crippen molar-refractivity contribution in [3.8, 4) is 0 Å². The molecule has 0 aliphatic rings. The first-order chi connectivity index (χ1) is 8.94. The number of urea groups is 1. The molecule has 5 heteroatoms. The van der Waals surface area contributed by atoms with Gasteiger partial charge in [-0.15, -0.1) is 0 Å². The number of nitrogens with one attached hydrogen (secondary N) is 2. The summed E-state index contributed by atoms with van der Waals surface area (Å²) in [4.78, 5) is 11.9. The molecule has 0 saturated heterocycles. The summed E-state index contributed by atoms with van der Waals surface area (Å²) in [6.45, 7) is 5.88. The van der Waals surface area contributed by atoms with Gasteiger partial charge in [0.25, 0.3) is 0 Å². The number of aryl methyl sites for hydroxylation is 4. The van der Waals surface area contributed by atoms with Gasteiger partial charge in [0.1, 0.15) is 5.82 Å². The Hall–Kier alpha value is -2.30. The third kappa shape index (κ3) is 3.34. The highest BCUT2D eigenvalue weighted by atomic mass is 16.2. The van der Waals surface area contributed by atoms with E-state index in [1.54, 1.807) is 11.7 Å². The molecule has 5 nitrogen and oxygen atoms in total. The summed E-state index contributed by atoms with van der Waals surface area (Å²) in [5.74, 6) is 0.666. The Morgan fingerprint density at radius 2 is 1.68 bits per heavy atom. The Morgan fingerprint density at radius 1 is 1.05 bits per heavy atom. The van der Waals surface area contributed by atoms with Gasteiger partial charge in [-0.2, -0.15) is 5.10 Å². The van der Waals surface area contributed by atoms with Crippen molar-refractivity contribution >= 4 is 17.5 Å². The van der Waals surface area contributed by atoms with E-state index in [2.05, 4.69) is 21.8 Å². The molecule has 2 rings (SSSR count). The molecule has 0 saturated carbocycles. The fraction of sp³-hybridized carbons (Fsp3) is 0.286. The van der Waals surface area contributed by atoms with Gasteiger partial charge in [-0.1, -0.05) is 6.07 Å². The van der Waals surface area contributed by atoms with Crippen molar-refractivity contribution in [2.45, 2.75) is 20.8 Å². The number of rotatable bonds is 2. The molecule has 0 fully saturated rings. The summed E-state index contributed by atoms with van der Waals surface area (Å²) in [7, 11) is 1.79. The van der Waals surface area contributed by atoms with Crippen molar-refractivity contribution in [2.75, 3.05) is 10.6 Å². The molecule has 2 aromatic rings. The Bertz CT molecular complexity index is 596. The lowest BCUT2D eigenvalue weighted by Gasteiger charge is -2.09. The maximum atomic E-state index is 11.9. The van der Waals surface area contributed by atoms with Crippen molar-refractivity contribution in [3.63, 3.8) is 0 Å². The first kappa shape index (κ1) is 13.1. The first-order valence-electron chi connectivity index (χ1n) is 6.11. The topological polar surface area (TPSA) is 59.0 Å². The molecule has 0 spiro atoms. The van der Waals surface area contributed by atoms with Gasteiger partial charge in [-0.3, -0.25) is 10.00 Å². The van der Waals surface area contributed by atoms with Gasteiger partial charge in [-0.25, -0.2) is 4.79 Å². The van der Waals surface area contributed by atoms with Crippen LogP contribution in [0.4, 0.5) is 16.3 Å². The van der Waals surface area contributed by atoms with Crippen LogP contribution < -0.4 is 10.6 Å². The maximum absolute atomic E-state index is 11.9. The summed E-state index contributed by atoms with van der Waals surface area (Å²) in [6, 6.07) is 7.48. The van der Waals surface area contributed by atoms with Crippen molar-refractivity contribution in [2.24, 2.45) is 7.05 Å². The number of carbonyl (C=O) groups excluding carboxylic acids is 1. The minimum absolute atomic E-state index is 0.270. The monoisotopic (exact) mass is 258 g/mol. The quantitative estimate of drug-likeness (QED) is 0.870.